The van der Waals surface area contributed by atoms with E-state index in [-0.39, 0.29) is 11.8 Å². The van der Waals surface area contributed by atoms with Gasteiger partial charge in [-0.2, -0.15) is 5.26 Å². The van der Waals surface area contributed by atoms with Gasteiger partial charge in [0, 0.05) is 18.8 Å². The van der Waals surface area contributed by atoms with Crippen molar-refractivity contribution < 1.29 is 9.53 Å². The van der Waals surface area contributed by atoms with Crippen LogP contribution in [-0.4, -0.2) is 31.0 Å². The number of benzene rings is 1. The SMILES string of the molecule is CCN(CC(C)C#N)C(=O)c1c(N)cccc1OC. The Morgan fingerprint density at radius 1 is 1.58 bits per heavy atom. The molecule has 0 aliphatic rings. The number of methoxy groups -OCH3 is 1. The third-order valence-electron chi connectivity index (χ3n) is 2.88. The van der Waals surface area contributed by atoms with Gasteiger partial charge in [-0.3, -0.25) is 4.79 Å². The number of amides is 1. The van der Waals surface area contributed by atoms with Gasteiger partial charge in [0.05, 0.1) is 19.1 Å². The quantitative estimate of drug-likeness (QED) is 0.821. The lowest BCUT2D eigenvalue weighted by atomic mass is 10.1. The van der Waals surface area contributed by atoms with Crippen molar-refractivity contribution in [3.8, 4) is 11.8 Å². The Morgan fingerprint density at radius 2 is 2.26 bits per heavy atom. The molecule has 0 heterocycles. The molecule has 0 aliphatic heterocycles. The molecule has 1 rings (SSSR count). The number of hydrogen-bond acceptors (Lipinski definition) is 4. The van der Waals surface area contributed by atoms with Crippen molar-refractivity contribution in [1.29, 1.82) is 5.26 Å². The number of nitrogen functional groups attached to an aromatic ring is 1. The Labute approximate surface area is 113 Å². The van der Waals surface area contributed by atoms with Crippen molar-refractivity contribution in [2.45, 2.75) is 13.8 Å². The maximum Gasteiger partial charge on any atom is 0.259 e. The fraction of sp³-hybridized carbons (Fsp3) is 0.429. The lowest BCUT2D eigenvalue weighted by Crippen LogP contribution is -2.35. The normalized spacial score (nSPS) is 11.5. The molecule has 0 saturated heterocycles. The second-order valence-corrected chi connectivity index (χ2v) is 4.30. The molecule has 1 atom stereocenters. The summed E-state index contributed by atoms with van der Waals surface area (Å²) in [6.45, 7) is 4.54. The minimum absolute atomic E-state index is 0.209. The molecule has 1 aromatic rings. The number of rotatable bonds is 5. The Kier molecular flexibility index (Phi) is 5.19. The van der Waals surface area contributed by atoms with E-state index < -0.39 is 0 Å². The first kappa shape index (κ1) is 14.8. The van der Waals surface area contributed by atoms with Crippen molar-refractivity contribution in [3.63, 3.8) is 0 Å². The van der Waals surface area contributed by atoms with E-state index in [1.54, 1.807) is 30.0 Å². The highest BCUT2D eigenvalue weighted by atomic mass is 16.5. The summed E-state index contributed by atoms with van der Waals surface area (Å²) in [6.07, 6.45) is 0. The van der Waals surface area contributed by atoms with Gasteiger partial charge in [-0.15, -0.1) is 0 Å². The molecule has 0 aromatic heterocycles. The third kappa shape index (κ3) is 3.38. The molecular formula is C14H19N3O2. The van der Waals surface area contributed by atoms with Crippen molar-refractivity contribution >= 4 is 11.6 Å². The zero-order valence-electron chi connectivity index (χ0n) is 11.5. The van der Waals surface area contributed by atoms with Crippen LogP contribution in [-0.2, 0) is 0 Å². The third-order valence-corrected chi connectivity index (χ3v) is 2.88. The summed E-state index contributed by atoms with van der Waals surface area (Å²) in [4.78, 5) is 14.1. The number of nitrogens with two attached hydrogens (primary N) is 1. The van der Waals surface area contributed by atoms with Crippen LogP contribution in [0.4, 0.5) is 5.69 Å². The first-order valence-electron chi connectivity index (χ1n) is 6.16. The number of nitrogens with zero attached hydrogens (tertiary/aromatic N) is 2. The number of nitriles is 1. The van der Waals surface area contributed by atoms with E-state index >= 15 is 0 Å². The summed E-state index contributed by atoms with van der Waals surface area (Å²) < 4.78 is 5.18. The van der Waals surface area contributed by atoms with Gasteiger partial charge in [0.15, 0.2) is 0 Å². The van der Waals surface area contributed by atoms with Gasteiger partial charge in [0.25, 0.3) is 5.91 Å². The summed E-state index contributed by atoms with van der Waals surface area (Å²) in [5.74, 6) is 0.0208. The highest BCUT2D eigenvalue weighted by molar-refractivity contribution is 6.01. The van der Waals surface area contributed by atoms with E-state index in [4.69, 9.17) is 15.7 Å². The van der Waals surface area contributed by atoms with E-state index in [9.17, 15) is 4.79 Å². The molecule has 5 heteroatoms. The maximum atomic E-state index is 12.5. The molecule has 1 aromatic carbocycles. The highest BCUT2D eigenvalue weighted by Gasteiger charge is 2.22. The fourth-order valence-electron chi connectivity index (χ4n) is 1.83. The van der Waals surface area contributed by atoms with Crippen LogP contribution in [0.25, 0.3) is 0 Å². The molecule has 0 spiro atoms. The van der Waals surface area contributed by atoms with Gasteiger partial charge in [-0.05, 0) is 26.0 Å². The molecule has 0 saturated carbocycles. The van der Waals surface area contributed by atoms with E-state index in [1.165, 1.54) is 7.11 Å². The second-order valence-electron chi connectivity index (χ2n) is 4.30. The summed E-state index contributed by atoms with van der Waals surface area (Å²) in [5.41, 5.74) is 6.60. The molecule has 2 N–H and O–H groups in total. The van der Waals surface area contributed by atoms with Gasteiger partial charge in [-0.25, -0.2) is 0 Å². The van der Waals surface area contributed by atoms with Gasteiger partial charge < -0.3 is 15.4 Å². The van der Waals surface area contributed by atoms with E-state index in [0.29, 0.717) is 30.1 Å². The van der Waals surface area contributed by atoms with Crippen LogP contribution in [0.3, 0.4) is 0 Å². The molecule has 1 amide bonds. The summed E-state index contributed by atoms with van der Waals surface area (Å²) in [7, 11) is 1.50. The molecular weight excluding hydrogens is 242 g/mol. The molecule has 0 aliphatic carbocycles. The number of anilines is 1. The minimum Gasteiger partial charge on any atom is -0.496 e. The lowest BCUT2D eigenvalue weighted by Gasteiger charge is -2.23. The standard InChI is InChI=1S/C14H19N3O2/c1-4-17(9-10(2)8-15)14(18)13-11(16)6-5-7-12(13)19-3/h5-7,10H,4,9,16H2,1-3H3. The molecule has 0 fully saturated rings. The number of carbonyl (C=O) groups excluding carboxylic acids is 1. The van der Waals surface area contributed by atoms with Crippen molar-refractivity contribution in [2.24, 2.45) is 5.92 Å². The van der Waals surface area contributed by atoms with Crippen LogP contribution in [0, 0.1) is 17.2 Å². The van der Waals surface area contributed by atoms with Gasteiger partial charge in [0.2, 0.25) is 0 Å². The largest absolute Gasteiger partial charge is 0.496 e. The van der Waals surface area contributed by atoms with E-state index in [2.05, 4.69) is 6.07 Å². The number of hydrogen-bond donors (Lipinski definition) is 1. The van der Waals surface area contributed by atoms with E-state index in [0.717, 1.165) is 0 Å². The topological polar surface area (TPSA) is 79.4 Å². The zero-order chi connectivity index (χ0) is 14.4. The molecule has 1 unspecified atom stereocenters. The summed E-state index contributed by atoms with van der Waals surface area (Å²) in [5, 5.41) is 8.85. The maximum absolute atomic E-state index is 12.5. The smallest absolute Gasteiger partial charge is 0.259 e. The molecule has 19 heavy (non-hydrogen) atoms. The predicted octanol–water partition coefficient (Wildman–Crippen LogP) is 1.90. The van der Waals surface area contributed by atoms with Crippen molar-refractivity contribution in [1.82, 2.24) is 4.90 Å². The fourth-order valence-corrected chi connectivity index (χ4v) is 1.83. The van der Waals surface area contributed by atoms with Crippen LogP contribution in [0.5, 0.6) is 5.75 Å². The number of ether oxygens (including phenoxy) is 1. The van der Waals surface area contributed by atoms with Crippen LogP contribution in [0.2, 0.25) is 0 Å². The first-order valence-corrected chi connectivity index (χ1v) is 6.16. The van der Waals surface area contributed by atoms with Gasteiger partial charge in [-0.1, -0.05) is 6.07 Å². The zero-order valence-corrected chi connectivity index (χ0v) is 11.5. The minimum atomic E-state index is -0.222. The summed E-state index contributed by atoms with van der Waals surface area (Å²) >= 11 is 0. The van der Waals surface area contributed by atoms with Gasteiger partial charge in [0.1, 0.15) is 11.3 Å². The Bertz CT molecular complexity index is 494. The van der Waals surface area contributed by atoms with Crippen molar-refractivity contribution in [2.75, 3.05) is 25.9 Å². The Morgan fingerprint density at radius 3 is 2.79 bits per heavy atom. The lowest BCUT2D eigenvalue weighted by molar-refractivity contribution is 0.0750. The van der Waals surface area contributed by atoms with Crippen LogP contribution >= 0.6 is 0 Å². The molecule has 102 valence electrons. The number of carbonyl (C=O) groups is 1. The summed E-state index contributed by atoms with van der Waals surface area (Å²) in [6, 6.07) is 7.22. The Hall–Kier alpha value is -2.22. The van der Waals surface area contributed by atoms with Crippen LogP contribution in [0.1, 0.15) is 24.2 Å². The van der Waals surface area contributed by atoms with E-state index in [1.807, 2.05) is 6.92 Å². The monoisotopic (exact) mass is 261 g/mol. The highest BCUT2D eigenvalue weighted by Crippen LogP contribution is 2.25. The molecule has 0 bridgehead atoms. The van der Waals surface area contributed by atoms with Crippen molar-refractivity contribution in [3.05, 3.63) is 23.8 Å². The first-order chi connectivity index (χ1) is 9.04. The Balaban J connectivity index is 3.08. The average Bonchev–Trinajstić information content (AvgIpc) is 2.43. The second kappa shape index (κ2) is 6.64. The molecule has 0 radical (unpaired) electrons. The van der Waals surface area contributed by atoms with Crippen LogP contribution in [0.15, 0.2) is 18.2 Å². The average molecular weight is 261 g/mol. The van der Waals surface area contributed by atoms with Gasteiger partial charge >= 0.3 is 0 Å². The molecule has 5 nitrogen and oxygen atoms in total. The predicted molar refractivity (Wildman–Crippen MR) is 73.8 cm³/mol. The van der Waals surface area contributed by atoms with Crippen LogP contribution < -0.4 is 10.5 Å².